The monoisotopic (exact) mass is 300 g/mol. The van der Waals surface area contributed by atoms with Crippen LogP contribution in [0.1, 0.15) is 57.9 Å². The third-order valence-corrected chi connectivity index (χ3v) is 5.45. The third-order valence-electron chi connectivity index (χ3n) is 5.45. The van der Waals surface area contributed by atoms with Crippen LogP contribution in [0.3, 0.4) is 0 Å². The molecule has 1 saturated heterocycles. The molecule has 3 nitrogen and oxygen atoms in total. The van der Waals surface area contributed by atoms with E-state index in [1.54, 1.807) is 0 Å². The number of nitrogens with zero attached hydrogens (tertiary/aromatic N) is 2. The minimum atomic E-state index is -0.0572. The molecule has 2 heterocycles. The fourth-order valence-corrected chi connectivity index (χ4v) is 4.11. The van der Waals surface area contributed by atoms with E-state index in [4.69, 9.17) is 0 Å². The van der Waals surface area contributed by atoms with Crippen LogP contribution in [0, 0.1) is 0 Å². The summed E-state index contributed by atoms with van der Waals surface area (Å²) in [5.74, 6) is 0.824. The minimum absolute atomic E-state index is 0.0572. The van der Waals surface area contributed by atoms with Crippen molar-refractivity contribution in [1.29, 1.82) is 0 Å². The summed E-state index contributed by atoms with van der Waals surface area (Å²) in [5.41, 5.74) is 2.63. The number of benzene rings is 1. The van der Waals surface area contributed by atoms with Crippen LogP contribution in [-0.2, 0) is 4.79 Å². The summed E-state index contributed by atoms with van der Waals surface area (Å²) in [6.45, 7) is 8.43. The van der Waals surface area contributed by atoms with Crippen LogP contribution in [0.4, 0.5) is 5.69 Å². The van der Waals surface area contributed by atoms with Crippen molar-refractivity contribution in [2.75, 3.05) is 18.0 Å². The number of anilines is 1. The average Bonchev–Trinajstić information content (AvgIpc) is 2.91. The van der Waals surface area contributed by atoms with Crippen LogP contribution in [-0.4, -0.2) is 36.0 Å². The van der Waals surface area contributed by atoms with E-state index in [9.17, 15) is 4.79 Å². The molecule has 0 saturated carbocycles. The number of amides is 1. The first kappa shape index (κ1) is 15.4. The van der Waals surface area contributed by atoms with Crippen LogP contribution in [0.25, 0.3) is 0 Å². The Kier molecular flexibility index (Phi) is 4.42. The maximum absolute atomic E-state index is 13.1. The van der Waals surface area contributed by atoms with Gasteiger partial charge in [-0.05, 0) is 44.2 Å². The molecule has 3 heteroatoms. The molecule has 22 heavy (non-hydrogen) atoms. The molecule has 3 unspecified atom stereocenters. The quantitative estimate of drug-likeness (QED) is 0.848. The van der Waals surface area contributed by atoms with Crippen LogP contribution in [0.5, 0.6) is 0 Å². The lowest BCUT2D eigenvalue weighted by molar-refractivity contribution is -0.136. The van der Waals surface area contributed by atoms with E-state index in [0.717, 1.165) is 25.9 Å². The van der Waals surface area contributed by atoms with Crippen LogP contribution < -0.4 is 4.90 Å². The van der Waals surface area contributed by atoms with Crippen molar-refractivity contribution in [2.24, 2.45) is 0 Å². The van der Waals surface area contributed by atoms with E-state index in [2.05, 4.69) is 54.8 Å². The molecule has 2 aliphatic rings. The molecule has 0 spiro atoms. The van der Waals surface area contributed by atoms with Crippen molar-refractivity contribution < 1.29 is 4.79 Å². The molecule has 0 aromatic heterocycles. The Morgan fingerprint density at radius 2 is 2.09 bits per heavy atom. The highest BCUT2D eigenvalue weighted by Crippen LogP contribution is 2.37. The molecule has 1 amide bonds. The van der Waals surface area contributed by atoms with Crippen molar-refractivity contribution in [3.63, 3.8) is 0 Å². The van der Waals surface area contributed by atoms with E-state index in [0.29, 0.717) is 17.9 Å². The molecule has 0 radical (unpaired) electrons. The molecule has 1 aromatic carbocycles. The van der Waals surface area contributed by atoms with Crippen molar-refractivity contribution >= 4 is 11.6 Å². The zero-order valence-electron chi connectivity index (χ0n) is 14.1. The number of para-hydroxylation sites is 1. The molecule has 3 atom stereocenters. The normalized spacial score (nSPS) is 26.0. The third kappa shape index (κ3) is 2.62. The van der Waals surface area contributed by atoms with Gasteiger partial charge in [0.1, 0.15) is 6.04 Å². The summed E-state index contributed by atoms with van der Waals surface area (Å²) in [7, 11) is 0. The van der Waals surface area contributed by atoms with Crippen molar-refractivity contribution in [3.8, 4) is 0 Å². The molecule has 1 aromatic rings. The molecule has 2 aliphatic heterocycles. The Morgan fingerprint density at radius 1 is 1.32 bits per heavy atom. The van der Waals surface area contributed by atoms with E-state index >= 15 is 0 Å². The lowest BCUT2D eigenvalue weighted by atomic mass is 9.99. The highest BCUT2D eigenvalue weighted by Gasteiger charge is 2.35. The number of hydrogen-bond donors (Lipinski definition) is 0. The van der Waals surface area contributed by atoms with Gasteiger partial charge < -0.3 is 9.80 Å². The lowest BCUT2D eigenvalue weighted by Gasteiger charge is -2.39. The first-order chi connectivity index (χ1) is 10.6. The van der Waals surface area contributed by atoms with E-state index in [1.165, 1.54) is 24.1 Å². The number of carbonyl (C=O) groups is 1. The van der Waals surface area contributed by atoms with E-state index < -0.39 is 0 Å². The molecular weight excluding hydrogens is 272 g/mol. The Hall–Kier alpha value is -1.51. The summed E-state index contributed by atoms with van der Waals surface area (Å²) in [4.78, 5) is 17.5. The molecular formula is C19H28N2O. The number of hydrogen-bond acceptors (Lipinski definition) is 2. The first-order valence-electron chi connectivity index (χ1n) is 8.79. The summed E-state index contributed by atoms with van der Waals surface area (Å²) >= 11 is 0. The molecule has 0 bridgehead atoms. The van der Waals surface area contributed by atoms with Gasteiger partial charge in [-0.1, -0.05) is 32.0 Å². The lowest BCUT2D eigenvalue weighted by Crippen LogP contribution is -2.52. The zero-order valence-corrected chi connectivity index (χ0v) is 14.1. The number of rotatable bonds is 3. The van der Waals surface area contributed by atoms with Gasteiger partial charge in [0, 0.05) is 30.7 Å². The van der Waals surface area contributed by atoms with Gasteiger partial charge in [0.2, 0.25) is 5.91 Å². The largest absolute Gasteiger partial charge is 0.359 e. The number of piperidine rings is 1. The zero-order chi connectivity index (χ0) is 15.7. The summed E-state index contributed by atoms with van der Waals surface area (Å²) in [5, 5.41) is 0. The van der Waals surface area contributed by atoms with Crippen molar-refractivity contribution in [1.82, 2.24) is 4.90 Å². The topological polar surface area (TPSA) is 23.6 Å². The number of likely N-dealkylation sites (tertiary alicyclic amines) is 1. The fraction of sp³-hybridized carbons (Fsp3) is 0.632. The standard InChI is InChI=1S/C19H28N2O/c1-4-16-9-7-8-12-20(16)19(22)15(3)21-13-14(2)17-10-5-6-11-18(17)21/h5-6,10-11,14-16H,4,7-9,12-13H2,1-3H3. The first-order valence-corrected chi connectivity index (χ1v) is 8.79. The maximum atomic E-state index is 13.1. The van der Waals surface area contributed by atoms with Crippen LogP contribution in [0.2, 0.25) is 0 Å². The van der Waals surface area contributed by atoms with Gasteiger partial charge >= 0.3 is 0 Å². The Bertz CT molecular complexity index is 542. The van der Waals surface area contributed by atoms with E-state index in [1.807, 2.05) is 0 Å². The smallest absolute Gasteiger partial charge is 0.245 e. The number of fused-ring (bicyclic) bond motifs is 1. The molecule has 120 valence electrons. The van der Waals surface area contributed by atoms with Crippen LogP contribution in [0.15, 0.2) is 24.3 Å². The van der Waals surface area contributed by atoms with Gasteiger partial charge in [-0.3, -0.25) is 4.79 Å². The Labute approximate surface area is 134 Å². The van der Waals surface area contributed by atoms with Crippen molar-refractivity contribution in [3.05, 3.63) is 29.8 Å². The predicted octanol–water partition coefficient (Wildman–Crippen LogP) is 3.79. The van der Waals surface area contributed by atoms with E-state index in [-0.39, 0.29) is 6.04 Å². The van der Waals surface area contributed by atoms with Crippen molar-refractivity contribution in [2.45, 2.75) is 64.5 Å². The minimum Gasteiger partial charge on any atom is -0.359 e. The predicted molar refractivity (Wildman–Crippen MR) is 91.3 cm³/mol. The Balaban J connectivity index is 1.79. The second kappa shape index (κ2) is 6.31. The highest BCUT2D eigenvalue weighted by atomic mass is 16.2. The van der Waals surface area contributed by atoms with Gasteiger partial charge in [0.25, 0.3) is 0 Å². The number of carbonyl (C=O) groups excluding carboxylic acids is 1. The van der Waals surface area contributed by atoms with Gasteiger partial charge in [-0.25, -0.2) is 0 Å². The fourth-order valence-electron chi connectivity index (χ4n) is 4.11. The molecule has 0 N–H and O–H groups in total. The second-order valence-electron chi connectivity index (χ2n) is 6.88. The SMILES string of the molecule is CCC1CCCCN1C(=O)C(C)N1CC(C)c2ccccc21. The van der Waals surface area contributed by atoms with Gasteiger partial charge in [-0.15, -0.1) is 0 Å². The summed E-state index contributed by atoms with van der Waals surface area (Å²) in [6.07, 6.45) is 4.66. The molecule has 0 aliphatic carbocycles. The maximum Gasteiger partial charge on any atom is 0.245 e. The average molecular weight is 300 g/mol. The van der Waals surface area contributed by atoms with Gasteiger partial charge in [-0.2, -0.15) is 0 Å². The van der Waals surface area contributed by atoms with Gasteiger partial charge in [0.05, 0.1) is 0 Å². The second-order valence-corrected chi connectivity index (χ2v) is 6.88. The van der Waals surface area contributed by atoms with Crippen LogP contribution >= 0.6 is 0 Å². The summed E-state index contributed by atoms with van der Waals surface area (Å²) in [6, 6.07) is 8.93. The molecule has 3 rings (SSSR count). The highest BCUT2D eigenvalue weighted by molar-refractivity contribution is 5.86. The summed E-state index contributed by atoms with van der Waals surface area (Å²) < 4.78 is 0. The van der Waals surface area contributed by atoms with Gasteiger partial charge in [0.15, 0.2) is 0 Å². The molecule has 1 fully saturated rings. The Morgan fingerprint density at radius 3 is 2.86 bits per heavy atom.